The molecule has 30 heavy (non-hydrogen) atoms. The molecule has 10 heteroatoms. The number of halogens is 1. The number of nitrogens with two attached hydrogens (primary N) is 1. The van der Waals surface area contributed by atoms with E-state index in [0.29, 0.717) is 17.1 Å². The summed E-state index contributed by atoms with van der Waals surface area (Å²) in [5.41, 5.74) is 8.95. The minimum atomic E-state index is -0.0564. The lowest BCUT2D eigenvalue weighted by Crippen LogP contribution is -2.29. The van der Waals surface area contributed by atoms with Gasteiger partial charge in [0, 0.05) is 19.0 Å². The fraction of sp³-hybridized carbons (Fsp3) is 0.350. The zero-order valence-electron chi connectivity index (χ0n) is 16.4. The van der Waals surface area contributed by atoms with Crippen molar-refractivity contribution >= 4 is 51.5 Å². The van der Waals surface area contributed by atoms with E-state index in [4.69, 9.17) is 17.3 Å². The number of nitrogens with one attached hydrogen (secondary N) is 1. The van der Waals surface area contributed by atoms with Crippen LogP contribution in [0, 0.1) is 5.92 Å². The number of hydrogen-bond acceptors (Lipinski definition) is 6. The van der Waals surface area contributed by atoms with E-state index in [2.05, 4.69) is 25.3 Å². The summed E-state index contributed by atoms with van der Waals surface area (Å²) < 4.78 is 3.91. The van der Waals surface area contributed by atoms with Crippen molar-refractivity contribution in [2.75, 3.05) is 11.1 Å². The molecule has 154 valence electrons. The maximum absolute atomic E-state index is 12.9. The van der Waals surface area contributed by atoms with E-state index >= 15 is 0 Å². The van der Waals surface area contributed by atoms with Crippen molar-refractivity contribution in [2.45, 2.75) is 31.7 Å². The van der Waals surface area contributed by atoms with E-state index in [1.807, 2.05) is 40.4 Å². The first-order valence-electron chi connectivity index (χ1n) is 9.89. The van der Waals surface area contributed by atoms with Gasteiger partial charge in [-0.3, -0.25) is 10.1 Å². The first kappa shape index (κ1) is 18.8. The minimum Gasteiger partial charge on any atom is -0.382 e. The van der Waals surface area contributed by atoms with E-state index in [0.717, 1.165) is 36.7 Å². The number of nitrogen functional groups attached to an aromatic ring is 1. The Morgan fingerprint density at radius 2 is 1.93 bits per heavy atom. The predicted octanol–water partition coefficient (Wildman–Crippen LogP) is 3.32. The van der Waals surface area contributed by atoms with Crippen molar-refractivity contribution < 1.29 is 4.79 Å². The number of rotatable bonds is 3. The van der Waals surface area contributed by atoms with Gasteiger partial charge in [0.05, 0.1) is 17.4 Å². The van der Waals surface area contributed by atoms with Crippen molar-refractivity contribution in [1.29, 1.82) is 0 Å². The smallest absolute Gasteiger partial charge is 0.229 e. The van der Waals surface area contributed by atoms with Crippen LogP contribution in [0.15, 0.2) is 30.6 Å². The molecule has 0 bridgehead atoms. The summed E-state index contributed by atoms with van der Waals surface area (Å²) >= 11 is 5.97. The summed E-state index contributed by atoms with van der Waals surface area (Å²) in [6.07, 6.45) is 4.96. The van der Waals surface area contributed by atoms with Gasteiger partial charge in [-0.2, -0.15) is 9.97 Å². The summed E-state index contributed by atoms with van der Waals surface area (Å²) in [6.45, 7) is 0. The fourth-order valence-electron chi connectivity index (χ4n) is 4.26. The summed E-state index contributed by atoms with van der Waals surface area (Å²) in [4.78, 5) is 30.0. The SMILES string of the molecule is Cn1c(NC(=O)[C@H]2CC[C@@H](n3cnc4c(N)nc(Cl)nc43)CC2)nc2ccccc21. The largest absolute Gasteiger partial charge is 0.382 e. The Morgan fingerprint density at radius 1 is 1.17 bits per heavy atom. The highest BCUT2D eigenvalue weighted by molar-refractivity contribution is 6.28. The number of aromatic nitrogens is 6. The lowest BCUT2D eigenvalue weighted by atomic mass is 9.85. The van der Waals surface area contributed by atoms with Crippen LogP contribution in [0.5, 0.6) is 0 Å². The number of imidazole rings is 2. The first-order chi connectivity index (χ1) is 14.5. The van der Waals surface area contributed by atoms with Crippen LogP contribution in [0.1, 0.15) is 31.7 Å². The molecule has 0 spiro atoms. The molecule has 0 atom stereocenters. The quantitative estimate of drug-likeness (QED) is 0.487. The predicted molar refractivity (Wildman–Crippen MR) is 115 cm³/mol. The number of para-hydroxylation sites is 2. The third-order valence-electron chi connectivity index (χ3n) is 5.90. The average molecular weight is 425 g/mol. The molecule has 1 amide bonds. The molecular formula is C20H21ClN8O. The summed E-state index contributed by atoms with van der Waals surface area (Å²) in [5, 5.41) is 3.11. The number of anilines is 2. The molecule has 1 aliphatic carbocycles. The zero-order valence-corrected chi connectivity index (χ0v) is 17.2. The van der Waals surface area contributed by atoms with Crippen LogP contribution in [-0.2, 0) is 11.8 Å². The minimum absolute atomic E-state index is 0.0111. The Morgan fingerprint density at radius 3 is 2.70 bits per heavy atom. The Bertz CT molecular complexity index is 1250. The average Bonchev–Trinajstić information content (AvgIpc) is 3.30. The van der Waals surface area contributed by atoms with Gasteiger partial charge >= 0.3 is 0 Å². The molecule has 5 rings (SSSR count). The van der Waals surface area contributed by atoms with Gasteiger partial charge in [0.1, 0.15) is 5.52 Å². The second-order valence-corrected chi connectivity index (χ2v) is 8.02. The molecule has 3 N–H and O–H groups in total. The Hall–Kier alpha value is -3.20. The second kappa shape index (κ2) is 7.24. The van der Waals surface area contributed by atoms with Crippen molar-refractivity contribution in [3.63, 3.8) is 0 Å². The van der Waals surface area contributed by atoms with E-state index in [9.17, 15) is 4.79 Å². The van der Waals surface area contributed by atoms with Crippen LogP contribution in [0.4, 0.5) is 11.8 Å². The molecule has 9 nitrogen and oxygen atoms in total. The summed E-state index contributed by atoms with van der Waals surface area (Å²) in [7, 11) is 1.91. The number of fused-ring (bicyclic) bond motifs is 2. The van der Waals surface area contributed by atoms with Gasteiger partial charge in [-0.15, -0.1) is 0 Å². The third kappa shape index (κ3) is 3.15. The van der Waals surface area contributed by atoms with Crippen LogP contribution >= 0.6 is 11.6 Å². The monoisotopic (exact) mass is 424 g/mol. The number of hydrogen-bond donors (Lipinski definition) is 2. The summed E-state index contributed by atoms with van der Waals surface area (Å²) in [6, 6.07) is 8.02. The maximum atomic E-state index is 12.9. The van der Waals surface area contributed by atoms with Crippen LogP contribution < -0.4 is 11.1 Å². The third-order valence-corrected chi connectivity index (χ3v) is 6.07. The van der Waals surface area contributed by atoms with E-state index in [1.165, 1.54) is 0 Å². The van der Waals surface area contributed by atoms with Crippen molar-refractivity contribution in [2.24, 2.45) is 13.0 Å². The van der Waals surface area contributed by atoms with E-state index in [-0.39, 0.29) is 29.0 Å². The van der Waals surface area contributed by atoms with Gasteiger partial charge in [0.25, 0.3) is 0 Å². The van der Waals surface area contributed by atoms with Gasteiger partial charge in [-0.25, -0.2) is 9.97 Å². The highest BCUT2D eigenvalue weighted by Crippen LogP contribution is 2.35. The van der Waals surface area contributed by atoms with E-state index < -0.39 is 0 Å². The molecule has 0 aliphatic heterocycles. The molecule has 3 heterocycles. The van der Waals surface area contributed by atoms with Gasteiger partial charge in [0.15, 0.2) is 11.5 Å². The standard InChI is InChI=1S/C20H21ClN8O/c1-28-14-5-3-2-4-13(14)24-20(28)27-18(30)11-6-8-12(9-7-11)29-10-23-15-16(22)25-19(21)26-17(15)29/h2-5,10-12H,6-9H2,1H3,(H2,22,25,26)(H,24,27,30)/t11-,12+. The van der Waals surface area contributed by atoms with Crippen LogP contribution in [-0.4, -0.2) is 35.0 Å². The summed E-state index contributed by atoms with van der Waals surface area (Å²) in [5.74, 6) is 0.807. The normalized spacial score (nSPS) is 19.4. The zero-order chi connectivity index (χ0) is 20.8. The van der Waals surface area contributed by atoms with Crippen molar-refractivity contribution in [3.05, 3.63) is 35.9 Å². The molecule has 1 aliphatic rings. The lowest BCUT2D eigenvalue weighted by Gasteiger charge is -2.28. The number of aryl methyl sites for hydroxylation is 1. The van der Waals surface area contributed by atoms with Gasteiger partial charge in [0.2, 0.25) is 17.1 Å². The molecule has 0 saturated heterocycles. The maximum Gasteiger partial charge on any atom is 0.229 e. The topological polar surface area (TPSA) is 117 Å². The first-order valence-corrected chi connectivity index (χ1v) is 10.3. The fourth-order valence-corrected chi connectivity index (χ4v) is 4.43. The second-order valence-electron chi connectivity index (χ2n) is 7.68. The molecule has 0 radical (unpaired) electrons. The molecule has 0 unspecified atom stereocenters. The van der Waals surface area contributed by atoms with Crippen LogP contribution in [0.2, 0.25) is 5.28 Å². The van der Waals surface area contributed by atoms with Crippen LogP contribution in [0.25, 0.3) is 22.2 Å². The Balaban J connectivity index is 1.29. The molecule has 1 fully saturated rings. The lowest BCUT2D eigenvalue weighted by molar-refractivity contribution is -0.121. The van der Waals surface area contributed by atoms with Gasteiger partial charge < -0.3 is 14.9 Å². The molecule has 3 aromatic heterocycles. The Kier molecular flexibility index (Phi) is 4.54. The Labute approximate surface area is 177 Å². The number of carbonyl (C=O) groups is 1. The number of nitrogens with zero attached hydrogens (tertiary/aromatic N) is 6. The molecule has 4 aromatic rings. The molecule has 1 saturated carbocycles. The van der Waals surface area contributed by atoms with Crippen molar-refractivity contribution in [1.82, 2.24) is 29.1 Å². The van der Waals surface area contributed by atoms with Gasteiger partial charge in [-0.1, -0.05) is 12.1 Å². The number of carbonyl (C=O) groups excluding carboxylic acids is 1. The molecular weight excluding hydrogens is 404 g/mol. The van der Waals surface area contributed by atoms with E-state index in [1.54, 1.807) is 6.33 Å². The van der Waals surface area contributed by atoms with Gasteiger partial charge in [-0.05, 0) is 49.4 Å². The van der Waals surface area contributed by atoms with Crippen molar-refractivity contribution in [3.8, 4) is 0 Å². The highest BCUT2D eigenvalue weighted by atomic mass is 35.5. The highest BCUT2D eigenvalue weighted by Gasteiger charge is 2.29. The number of amides is 1. The number of benzene rings is 1. The van der Waals surface area contributed by atoms with Crippen LogP contribution in [0.3, 0.4) is 0 Å². The molecule has 1 aromatic carbocycles.